The minimum absolute atomic E-state index is 0.384. The van der Waals surface area contributed by atoms with Gasteiger partial charge >= 0.3 is 0 Å². The average molecular weight is 270 g/mol. The molecular formula is C16H34N2O. The van der Waals surface area contributed by atoms with E-state index in [9.17, 15) is 0 Å². The van der Waals surface area contributed by atoms with E-state index in [1.54, 1.807) is 7.11 Å². The molecule has 0 saturated heterocycles. The predicted octanol–water partition coefficient (Wildman–Crippen LogP) is 2.74. The number of rotatable bonds is 6. The predicted molar refractivity (Wildman–Crippen MR) is 82.3 cm³/mol. The van der Waals surface area contributed by atoms with Crippen molar-refractivity contribution in [1.82, 2.24) is 4.90 Å². The topological polar surface area (TPSA) is 38.5 Å². The van der Waals surface area contributed by atoms with E-state index in [0.717, 1.165) is 32.2 Å². The maximum absolute atomic E-state index is 6.36. The highest BCUT2D eigenvalue weighted by Gasteiger charge is 2.34. The summed E-state index contributed by atoms with van der Waals surface area (Å²) >= 11 is 0. The Hall–Kier alpha value is -0.120. The van der Waals surface area contributed by atoms with Crippen LogP contribution in [0.2, 0.25) is 0 Å². The van der Waals surface area contributed by atoms with Gasteiger partial charge in [0.05, 0.1) is 6.61 Å². The van der Waals surface area contributed by atoms with Crippen molar-refractivity contribution in [1.29, 1.82) is 0 Å². The number of nitrogens with zero attached hydrogens (tertiary/aromatic N) is 1. The number of methoxy groups -OCH3 is 1. The van der Waals surface area contributed by atoms with Crippen molar-refractivity contribution in [2.45, 2.75) is 53.0 Å². The Bertz CT molecular complexity index is 250. The summed E-state index contributed by atoms with van der Waals surface area (Å²) in [6, 6.07) is 0.384. The van der Waals surface area contributed by atoms with Crippen LogP contribution >= 0.6 is 0 Å². The molecule has 3 unspecified atom stereocenters. The standard InChI is InChI=1S/C16H34N2O/c1-6-18(9-10-19-5)12-13-11-14(16(2,3)4)7-8-15(13)17/h13-15H,6-12,17H2,1-5H3. The van der Waals surface area contributed by atoms with E-state index in [4.69, 9.17) is 10.5 Å². The largest absolute Gasteiger partial charge is 0.383 e. The molecule has 0 aromatic carbocycles. The molecular weight excluding hydrogens is 236 g/mol. The first-order valence-corrected chi connectivity index (χ1v) is 7.85. The van der Waals surface area contributed by atoms with Crippen molar-refractivity contribution < 1.29 is 4.74 Å². The van der Waals surface area contributed by atoms with E-state index in [0.29, 0.717) is 17.4 Å². The third-order valence-corrected chi connectivity index (χ3v) is 4.82. The molecule has 3 heteroatoms. The Labute approximate surface area is 119 Å². The molecule has 0 bridgehead atoms. The first-order chi connectivity index (χ1) is 8.88. The lowest BCUT2D eigenvalue weighted by Crippen LogP contribution is -2.45. The third kappa shape index (κ3) is 5.41. The molecule has 3 nitrogen and oxygen atoms in total. The maximum Gasteiger partial charge on any atom is 0.0589 e. The molecule has 0 aliphatic heterocycles. The minimum Gasteiger partial charge on any atom is -0.383 e. The van der Waals surface area contributed by atoms with Crippen LogP contribution in [0.15, 0.2) is 0 Å². The average Bonchev–Trinajstić information content (AvgIpc) is 2.35. The van der Waals surface area contributed by atoms with Crippen LogP contribution in [0.4, 0.5) is 0 Å². The van der Waals surface area contributed by atoms with Crippen LogP contribution in [0.3, 0.4) is 0 Å². The van der Waals surface area contributed by atoms with E-state index in [-0.39, 0.29) is 0 Å². The van der Waals surface area contributed by atoms with Gasteiger partial charge in [0.2, 0.25) is 0 Å². The van der Waals surface area contributed by atoms with Gasteiger partial charge in [-0.15, -0.1) is 0 Å². The van der Waals surface area contributed by atoms with Crippen LogP contribution < -0.4 is 5.73 Å². The Kier molecular flexibility index (Phi) is 6.78. The Morgan fingerprint density at radius 3 is 2.47 bits per heavy atom. The highest BCUT2D eigenvalue weighted by atomic mass is 16.5. The molecule has 19 heavy (non-hydrogen) atoms. The number of hydrogen-bond acceptors (Lipinski definition) is 3. The number of hydrogen-bond donors (Lipinski definition) is 1. The van der Waals surface area contributed by atoms with Gasteiger partial charge in [-0.2, -0.15) is 0 Å². The highest BCUT2D eigenvalue weighted by molar-refractivity contribution is 4.88. The van der Waals surface area contributed by atoms with Gasteiger partial charge in [0.25, 0.3) is 0 Å². The van der Waals surface area contributed by atoms with Crippen molar-refractivity contribution in [3.05, 3.63) is 0 Å². The highest BCUT2D eigenvalue weighted by Crippen LogP contribution is 2.40. The molecule has 1 saturated carbocycles. The number of likely N-dealkylation sites (N-methyl/N-ethyl adjacent to an activating group) is 1. The van der Waals surface area contributed by atoms with Crippen LogP contribution in [-0.2, 0) is 4.74 Å². The van der Waals surface area contributed by atoms with Crippen molar-refractivity contribution in [3.63, 3.8) is 0 Å². The summed E-state index contributed by atoms with van der Waals surface area (Å²) in [6.07, 6.45) is 3.77. The van der Waals surface area contributed by atoms with E-state index < -0.39 is 0 Å². The molecule has 1 fully saturated rings. The summed E-state index contributed by atoms with van der Waals surface area (Å²) < 4.78 is 5.19. The van der Waals surface area contributed by atoms with E-state index >= 15 is 0 Å². The summed E-state index contributed by atoms with van der Waals surface area (Å²) in [4.78, 5) is 2.49. The normalized spacial score (nSPS) is 28.9. The minimum atomic E-state index is 0.384. The zero-order chi connectivity index (χ0) is 14.5. The van der Waals surface area contributed by atoms with Crippen LogP contribution in [0.1, 0.15) is 47.0 Å². The number of nitrogens with two attached hydrogens (primary N) is 1. The Balaban J connectivity index is 2.53. The summed E-state index contributed by atoms with van der Waals surface area (Å²) in [5.41, 5.74) is 6.78. The molecule has 1 rings (SSSR count). The first-order valence-electron chi connectivity index (χ1n) is 7.85. The molecule has 0 amide bonds. The summed E-state index contributed by atoms with van der Waals surface area (Å²) in [5, 5.41) is 0. The van der Waals surface area contributed by atoms with Crippen LogP contribution in [0.5, 0.6) is 0 Å². The molecule has 0 aromatic rings. The molecule has 114 valence electrons. The molecule has 0 spiro atoms. The lowest BCUT2D eigenvalue weighted by Gasteiger charge is -2.42. The monoisotopic (exact) mass is 270 g/mol. The zero-order valence-corrected chi connectivity index (χ0v) is 13.6. The van der Waals surface area contributed by atoms with Crippen LogP contribution in [0, 0.1) is 17.3 Å². The fourth-order valence-electron chi connectivity index (χ4n) is 3.21. The Morgan fingerprint density at radius 1 is 1.26 bits per heavy atom. The lowest BCUT2D eigenvalue weighted by atomic mass is 9.67. The van der Waals surface area contributed by atoms with E-state index in [2.05, 4.69) is 32.6 Å². The Morgan fingerprint density at radius 2 is 1.95 bits per heavy atom. The first kappa shape index (κ1) is 16.9. The van der Waals surface area contributed by atoms with Crippen molar-refractivity contribution in [2.24, 2.45) is 23.0 Å². The second-order valence-electron chi connectivity index (χ2n) is 7.19. The fourth-order valence-corrected chi connectivity index (χ4v) is 3.21. The fraction of sp³-hybridized carbons (Fsp3) is 1.00. The van der Waals surface area contributed by atoms with Gasteiger partial charge in [0.15, 0.2) is 0 Å². The number of ether oxygens (including phenoxy) is 1. The van der Waals surface area contributed by atoms with Gasteiger partial charge in [-0.25, -0.2) is 0 Å². The molecule has 1 aliphatic rings. The van der Waals surface area contributed by atoms with Gasteiger partial charge in [0, 0.05) is 26.2 Å². The molecule has 0 radical (unpaired) electrons. The van der Waals surface area contributed by atoms with E-state index in [1.807, 2.05) is 0 Å². The second kappa shape index (κ2) is 7.61. The molecule has 3 atom stereocenters. The van der Waals surface area contributed by atoms with Gasteiger partial charge < -0.3 is 15.4 Å². The quantitative estimate of drug-likeness (QED) is 0.806. The van der Waals surface area contributed by atoms with Crippen LogP contribution in [0.25, 0.3) is 0 Å². The smallest absolute Gasteiger partial charge is 0.0589 e. The van der Waals surface area contributed by atoms with Crippen LogP contribution in [-0.4, -0.2) is 44.3 Å². The SMILES string of the molecule is CCN(CCOC)CC1CC(C(C)(C)C)CCC1N. The third-order valence-electron chi connectivity index (χ3n) is 4.82. The zero-order valence-electron chi connectivity index (χ0n) is 13.6. The van der Waals surface area contributed by atoms with Crippen molar-refractivity contribution in [2.75, 3.05) is 33.4 Å². The lowest BCUT2D eigenvalue weighted by molar-refractivity contribution is 0.0872. The van der Waals surface area contributed by atoms with Crippen molar-refractivity contribution >= 4 is 0 Å². The van der Waals surface area contributed by atoms with Gasteiger partial charge in [0.1, 0.15) is 0 Å². The van der Waals surface area contributed by atoms with Crippen molar-refractivity contribution in [3.8, 4) is 0 Å². The van der Waals surface area contributed by atoms with Gasteiger partial charge in [-0.3, -0.25) is 0 Å². The summed E-state index contributed by atoms with van der Waals surface area (Å²) in [5.74, 6) is 1.47. The summed E-state index contributed by atoms with van der Waals surface area (Å²) in [6.45, 7) is 13.4. The molecule has 0 aromatic heterocycles. The summed E-state index contributed by atoms with van der Waals surface area (Å²) in [7, 11) is 1.77. The van der Waals surface area contributed by atoms with Gasteiger partial charge in [-0.05, 0) is 43.1 Å². The molecule has 0 heterocycles. The maximum atomic E-state index is 6.36. The second-order valence-corrected chi connectivity index (χ2v) is 7.19. The molecule has 2 N–H and O–H groups in total. The van der Waals surface area contributed by atoms with Gasteiger partial charge in [-0.1, -0.05) is 27.7 Å². The molecule has 1 aliphatic carbocycles. The van der Waals surface area contributed by atoms with E-state index in [1.165, 1.54) is 19.3 Å².